The van der Waals surface area contributed by atoms with Gasteiger partial charge in [0.05, 0.1) is 0 Å². The second-order valence-electron chi connectivity index (χ2n) is 6.32. The second-order valence-corrected chi connectivity index (χ2v) is 6.32. The van der Waals surface area contributed by atoms with Crippen LogP contribution in [0.25, 0.3) is 0 Å². The number of aliphatic hydroxyl groups excluding tert-OH is 1. The molecule has 2 N–H and O–H groups in total. The molecular weight excluding hydrogens is 212 g/mol. The van der Waals surface area contributed by atoms with Crippen LogP contribution in [0.2, 0.25) is 0 Å². The minimum absolute atomic E-state index is 0.302. The van der Waals surface area contributed by atoms with Crippen LogP contribution in [0.3, 0.4) is 0 Å². The van der Waals surface area contributed by atoms with Crippen LogP contribution < -0.4 is 5.32 Å². The minimum atomic E-state index is 0.302. The number of hydrogen-bond donors (Lipinski definition) is 2. The number of likely N-dealkylation sites (tertiary alicyclic amines) is 1. The van der Waals surface area contributed by atoms with Crippen molar-refractivity contribution in [2.45, 2.75) is 33.6 Å². The molecule has 0 saturated carbocycles. The Morgan fingerprint density at radius 2 is 2.18 bits per heavy atom. The highest BCUT2D eigenvalue weighted by Gasteiger charge is 2.33. The summed E-state index contributed by atoms with van der Waals surface area (Å²) in [4.78, 5) is 2.43. The Morgan fingerprint density at radius 1 is 1.47 bits per heavy atom. The Kier molecular flexibility index (Phi) is 5.90. The van der Waals surface area contributed by atoms with Crippen molar-refractivity contribution in [3.8, 4) is 0 Å². The summed E-state index contributed by atoms with van der Waals surface area (Å²) in [5.74, 6) is 1.21. The number of aliphatic hydroxyl groups is 1. The molecule has 0 aromatic rings. The van der Waals surface area contributed by atoms with Crippen LogP contribution in [0.4, 0.5) is 0 Å². The normalized spacial score (nSPS) is 24.2. The van der Waals surface area contributed by atoms with E-state index < -0.39 is 0 Å². The summed E-state index contributed by atoms with van der Waals surface area (Å²) in [6.07, 6.45) is 2.37. The second kappa shape index (κ2) is 6.72. The van der Waals surface area contributed by atoms with E-state index >= 15 is 0 Å². The molecule has 0 bridgehead atoms. The lowest BCUT2D eigenvalue weighted by Crippen LogP contribution is -2.39. The van der Waals surface area contributed by atoms with E-state index in [9.17, 15) is 0 Å². The molecule has 1 aliphatic heterocycles. The molecule has 0 aromatic carbocycles. The molecule has 1 rings (SSSR count). The van der Waals surface area contributed by atoms with Crippen LogP contribution in [0.1, 0.15) is 33.6 Å². The van der Waals surface area contributed by atoms with Gasteiger partial charge in [0.25, 0.3) is 0 Å². The summed E-state index contributed by atoms with van der Waals surface area (Å²) < 4.78 is 0. The van der Waals surface area contributed by atoms with Gasteiger partial charge in [0.1, 0.15) is 0 Å². The van der Waals surface area contributed by atoms with Crippen molar-refractivity contribution < 1.29 is 5.11 Å². The molecule has 0 radical (unpaired) electrons. The van der Waals surface area contributed by atoms with Gasteiger partial charge in [-0.05, 0) is 43.7 Å². The summed E-state index contributed by atoms with van der Waals surface area (Å²) >= 11 is 0. The molecule has 0 spiro atoms. The molecule has 1 aliphatic rings. The summed E-state index contributed by atoms with van der Waals surface area (Å²) in [5.41, 5.74) is 0.360. The zero-order valence-electron chi connectivity index (χ0n) is 12.0. The highest BCUT2D eigenvalue weighted by molar-refractivity contribution is 4.87. The third kappa shape index (κ3) is 4.57. The van der Waals surface area contributed by atoms with Gasteiger partial charge in [-0.15, -0.1) is 0 Å². The van der Waals surface area contributed by atoms with Crippen LogP contribution in [-0.4, -0.2) is 49.8 Å². The highest BCUT2D eigenvalue weighted by Crippen LogP contribution is 2.33. The first-order valence-corrected chi connectivity index (χ1v) is 6.99. The van der Waals surface area contributed by atoms with Crippen molar-refractivity contribution in [2.75, 3.05) is 39.8 Å². The SMILES string of the molecule is CCC(CO)CNCC(C)(C)C1CCN(C)C1. The monoisotopic (exact) mass is 242 g/mol. The molecule has 0 aromatic heterocycles. The molecule has 17 heavy (non-hydrogen) atoms. The van der Waals surface area contributed by atoms with Gasteiger partial charge in [0.2, 0.25) is 0 Å². The molecule has 1 heterocycles. The van der Waals surface area contributed by atoms with E-state index in [1.807, 2.05) is 0 Å². The fourth-order valence-corrected chi connectivity index (χ4v) is 2.65. The molecule has 1 fully saturated rings. The lowest BCUT2D eigenvalue weighted by atomic mass is 9.78. The van der Waals surface area contributed by atoms with Gasteiger partial charge in [-0.3, -0.25) is 0 Å². The fraction of sp³-hybridized carbons (Fsp3) is 1.00. The standard InChI is InChI=1S/C14H30N2O/c1-5-12(10-17)8-15-11-14(2,3)13-6-7-16(4)9-13/h12-13,15,17H,5-11H2,1-4H3. The van der Waals surface area contributed by atoms with E-state index in [-0.39, 0.29) is 0 Å². The Balaban J connectivity index is 2.29. The molecular formula is C14H30N2O. The topological polar surface area (TPSA) is 35.5 Å². The fourth-order valence-electron chi connectivity index (χ4n) is 2.65. The van der Waals surface area contributed by atoms with Crippen LogP contribution in [0, 0.1) is 17.3 Å². The zero-order valence-corrected chi connectivity index (χ0v) is 12.0. The van der Waals surface area contributed by atoms with Crippen molar-refractivity contribution in [3.05, 3.63) is 0 Å². The van der Waals surface area contributed by atoms with Gasteiger partial charge >= 0.3 is 0 Å². The first kappa shape index (κ1) is 14.9. The molecule has 102 valence electrons. The molecule has 3 nitrogen and oxygen atoms in total. The Morgan fingerprint density at radius 3 is 2.65 bits per heavy atom. The summed E-state index contributed by atoms with van der Waals surface area (Å²) in [6.45, 7) is 11.6. The smallest absolute Gasteiger partial charge is 0.0471 e. The van der Waals surface area contributed by atoms with Crippen LogP contribution >= 0.6 is 0 Å². The van der Waals surface area contributed by atoms with Crippen molar-refractivity contribution in [1.29, 1.82) is 0 Å². The van der Waals surface area contributed by atoms with Crippen LogP contribution in [-0.2, 0) is 0 Å². The average Bonchev–Trinajstić information content (AvgIpc) is 2.72. The van der Waals surface area contributed by atoms with Crippen molar-refractivity contribution in [1.82, 2.24) is 10.2 Å². The van der Waals surface area contributed by atoms with Gasteiger partial charge in [-0.25, -0.2) is 0 Å². The highest BCUT2D eigenvalue weighted by atomic mass is 16.3. The molecule has 3 heteroatoms. The molecule has 1 saturated heterocycles. The van der Waals surface area contributed by atoms with Crippen molar-refractivity contribution in [2.24, 2.45) is 17.3 Å². The number of hydrogen-bond acceptors (Lipinski definition) is 3. The average molecular weight is 242 g/mol. The van der Waals surface area contributed by atoms with E-state index in [2.05, 4.69) is 38.0 Å². The van der Waals surface area contributed by atoms with E-state index in [1.165, 1.54) is 19.5 Å². The summed E-state index contributed by atoms with van der Waals surface area (Å²) in [5, 5.41) is 12.7. The summed E-state index contributed by atoms with van der Waals surface area (Å²) in [6, 6.07) is 0. The first-order chi connectivity index (χ1) is 7.99. The maximum absolute atomic E-state index is 9.16. The van der Waals surface area contributed by atoms with Gasteiger partial charge in [0, 0.05) is 26.2 Å². The third-order valence-corrected chi connectivity index (χ3v) is 4.35. The molecule has 0 aliphatic carbocycles. The number of nitrogens with one attached hydrogen (secondary N) is 1. The maximum Gasteiger partial charge on any atom is 0.0471 e. The minimum Gasteiger partial charge on any atom is -0.396 e. The lowest BCUT2D eigenvalue weighted by Gasteiger charge is -2.32. The Labute approximate surface area is 107 Å². The van der Waals surface area contributed by atoms with E-state index in [0.29, 0.717) is 17.9 Å². The quantitative estimate of drug-likeness (QED) is 0.711. The maximum atomic E-state index is 9.16. The zero-order chi connectivity index (χ0) is 12.9. The Bertz CT molecular complexity index is 214. The van der Waals surface area contributed by atoms with Gasteiger partial charge < -0.3 is 15.3 Å². The van der Waals surface area contributed by atoms with Gasteiger partial charge in [-0.2, -0.15) is 0 Å². The third-order valence-electron chi connectivity index (χ3n) is 4.35. The van der Waals surface area contributed by atoms with Crippen LogP contribution in [0.15, 0.2) is 0 Å². The van der Waals surface area contributed by atoms with E-state index in [4.69, 9.17) is 5.11 Å². The molecule has 0 amide bonds. The molecule has 2 atom stereocenters. The van der Waals surface area contributed by atoms with Gasteiger partial charge in [0.15, 0.2) is 0 Å². The van der Waals surface area contributed by atoms with Gasteiger partial charge in [-0.1, -0.05) is 20.8 Å². The van der Waals surface area contributed by atoms with Crippen molar-refractivity contribution >= 4 is 0 Å². The lowest BCUT2D eigenvalue weighted by molar-refractivity contribution is 0.185. The number of nitrogens with zero attached hydrogens (tertiary/aromatic N) is 1. The van der Waals surface area contributed by atoms with Crippen molar-refractivity contribution in [3.63, 3.8) is 0 Å². The Hall–Kier alpha value is -0.120. The summed E-state index contributed by atoms with van der Waals surface area (Å²) in [7, 11) is 2.21. The predicted molar refractivity (Wildman–Crippen MR) is 73.1 cm³/mol. The van der Waals surface area contributed by atoms with E-state index in [1.54, 1.807) is 0 Å². The predicted octanol–water partition coefficient (Wildman–Crippen LogP) is 1.57. The largest absolute Gasteiger partial charge is 0.396 e. The number of rotatable bonds is 7. The molecule has 2 unspecified atom stereocenters. The van der Waals surface area contributed by atoms with Crippen LogP contribution in [0.5, 0.6) is 0 Å². The van der Waals surface area contributed by atoms with E-state index in [0.717, 1.165) is 25.4 Å². The first-order valence-electron chi connectivity index (χ1n) is 6.99.